The highest BCUT2D eigenvalue weighted by Crippen LogP contribution is 2.27. The number of aromatic nitrogens is 3. The number of ether oxygens (including phenoxy) is 1. The van der Waals surface area contributed by atoms with Gasteiger partial charge in [-0.15, -0.1) is 0 Å². The number of carbonyl (C=O) groups is 1. The fourth-order valence-electron chi connectivity index (χ4n) is 4.60. The SMILES string of the molecule is O=C(OCc1nc2ccccc2c(=O)n1Cc1ccco1)C1CCN(c2nc3ccccc3o2)CC1. The monoisotopic (exact) mass is 484 g/mol. The van der Waals surface area contributed by atoms with Crippen molar-refractivity contribution in [2.24, 2.45) is 5.92 Å². The first-order valence-corrected chi connectivity index (χ1v) is 11.9. The van der Waals surface area contributed by atoms with Crippen LogP contribution >= 0.6 is 0 Å². The summed E-state index contributed by atoms with van der Waals surface area (Å²) < 4.78 is 18.5. The summed E-state index contributed by atoms with van der Waals surface area (Å²) in [7, 11) is 0. The van der Waals surface area contributed by atoms with E-state index in [1.54, 1.807) is 36.6 Å². The van der Waals surface area contributed by atoms with Crippen LogP contribution in [0.5, 0.6) is 0 Å². The predicted octanol–water partition coefficient (Wildman–Crippen LogP) is 4.14. The molecule has 9 nitrogen and oxygen atoms in total. The van der Waals surface area contributed by atoms with Crippen molar-refractivity contribution >= 4 is 34.0 Å². The fraction of sp³-hybridized carbons (Fsp3) is 0.259. The third-order valence-corrected chi connectivity index (χ3v) is 6.56. The lowest BCUT2D eigenvalue weighted by molar-refractivity contribution is -0.151. The molecule has 2 aromatic carbocycles. The van der Waals surface area contributed by atoms with E-state index in [4.69, 9.17) is 13.6 Å². The summed E-state index contributed by atoms with van der Waals surface area (Å²) in [6, 6.07) is 18.9. The van der Waals surface area contributed by atoms with E-state index in [0.29, 0.717) is 54.4 Å². The average molecular weight is 485 g/mol. The molecule has 4 heterocycles. The Morgan fingerprint density at radius 3 is 2.53 bits per heavy atom. The van der Waals surface area contributed by atoms with Gasteiger partial charge in [-0.05, 0) is 49.2 Å². The van der Waals surface area contributed by atoms with Gasteiger partial charge in [0.05, 0.1) is 29.6 Å². The number of furan rings is 1. The normalized spacial score (nSPS) is 14.5. The van der Waals surface area contributed by atoms with Crippen LogP contribution in [0.2, 0.25) is 0 Å². The molecule has 1 aliphatic heterocycles. The minimum atomic E-state index is -0.292. The number of para-hydroxylation sites is 3. The predicted molar refractivity (Wildman–Crippen MR) is 133 cm³/mol. The van der Waals surface area contributed by atoms with E-state index in [1.165, 1.54) is 4.57 Å². The minimum absolute atomic E-state index is 0.0923. The standard InChI is InChI=1S/C27H24N4O5/c32-25-20-7-1-2-8-21(20)28-24(31(25)16-19-6-5-15-34-19)17-35-26(33)18-11-13-30(14-12-18)27-29-22-9-3-4-10-23(22)36-27/h1-10,15,18H,11-14,16-17H2. The number of oxazole rings is 1. The molecular formula is C27H24N4O5. The van der Waals surface area contributed by atoms with Crippen molar-refractivity contribution in [3.63, 3.8) is 0 Å². The zero-order valence-corrected chi connectivity index (χ0v) is 19.5. The maximum atomic E-state index is 13.2. The highest BCUT2D eigenvalue weighted by atomic mass is 16.5. The van der Waals surface area contributed by atoms with E-state index in [-0.39, 0.29) is 30.6 Å². The van der Waals surface area contributed by atoms with Crippen molar-refractivity contribution in [2.75, 3.05) is 18.0 Å². The Kier molecular flexibility index (Phi) is 5.73. The van der Waals surface area contributed by atoms with Gasteiger partial charge in [0, 0.05) is 13.1 Å². The van der Waals surface area contributed by atoms with Crippen molar-refractivity contribution < 1.29 is 18.4 Å². The molecule has 0 unspecified atom stereocenters. The van der Waals surface area contributed by atoms with E-state index in [9.17, 15) is 9.59 Å². The first-order valence-electron chi connectivity index (χ1n) is 11.9. The molecule has 1 saturated heterocycles. The van der Waals surface area contributed by atoms with Gasteiger partial charge in [0.15, 0.2) is 11.4 Å². The number of hydrogen-bond acceptors (Lipinski definition) is 8. The summed E-state index contributed by atoms with van der Waals surface area (Å²) in [5, 5.41) is 0.505. The molecule has 9 heteroatoms. The molecule has 5 aromatic rings. The number of nitrogens with zero attached hydrogens (tertiary/aromatic N) is 4. The van der Waals surface area contributed by atoms with Crippen LogP contribution in [0.25, 0.3) is 22.0 Å². The maximum Gasteiger partial charge on any atom is 0.309 e. The Bertz CT molecular complexity index is 1550. The Balaban J connectivity index is 1.15. The molecule has 36 heavy (non-hydrogen) atoms. The molecule has 0 spiro atoms. The second-order valence-electron chi connectivity index (χ2n) is 8.85. The number of fused-ring (bicyclic) bond motifs is 2. The molecule has 0 bridgehead atoms. The highest BCUT2D eigenvalue weighted by Gasteiger charge is 2.28. The first-order chi connectivity index (χ1) is 17.7. The summed E-state index contributed by atoms with van der Waals surface area (Å²) in [4.78, 5) is 37.3. The number of esters is 1. The van der Waals surface area contributed by atoms with Crippen LogP contribution in [0.15, 0.2) is 80.6 Å². The Labute approximate surface area is 205 Å². The van der Waals surface area contributed by atoms with Gasteiger partial charge in [0.1, 0.15) is 17.9 Å². The van der Waals surface area contributed by atoms with Crippen LogP contribution < -0.4 is 10.5 Å². The van der Waals surface area contributed by atoms with Crippen molar-refractivity contribution in [2.45, 2.75) is 26.0 Å². The van der Waals surface area contributed by atoms with Gasteiger partial charge >= 0.3 is 5.97 Å². The van der Waals surface area contributed by atoms with Crippen LogP contribution in [-0.2, 0) is 22.7 Å². The van der Waals surface area contributed by atoms with Crippen LogP contribution in [-0.4, -0.2) is 33.6 Å². The average Bonchev–Trinajstić information content (AvgIpc) is 3.59. The molecule has 1 fully saturated rings. The summed E-state index contributed by atoms with van der Waals surface area (Å²) in [6.45, 7) is 1.40. The van der Waals surface area contributed by atoms with Crippen molar-refractivity contribution in [3.05, 3.63) is 88.9 Å². The van der Waals surface area contributed by atoms with E-state index >= 15 is 0 Å². The second kappa shape index (κ2) is 9.33. The van der Waals surface area contributed by atoms with Gasteiger partial charge in [0.25, 0.3) is 11.6 Å². The van der Waals surface area contributed by atoms with Gasteiger partial charge in [-0.2, -0.15) is 4.98 Å². The summed E-state index contributed by atoms with van der Waals surface area (Å²) in [5.41, 5.74) is 1.93. The molecule has 6 rings (SSSR count). The van der Waals surface area contributed by atoms with Crippen LogP contribution in [0.4, 0.5) is 6.01 Å². The third kappa shape index (κ3) is 4.24. The quantitative estimate of drug-likeness (QED) is 0.331. The number of piperidine rings is 1. The molecule has 0 radical (unpaired) electrons. The number of rotatable bonds is 6. The van der Waals surface area contributed by atoms with E-state index in [1.807, 2.05) is 30.3 Å². The van der Waals surface area contributed by atoms with E-state index in [2.05, 4.69) is 14.9 Å². The molecular weight excluding hydrogens is 460 g/mol. The number of carbonyl (C=O) groups excluding carboxylic acids is 1. The van der Waals surface area contributed by atoms with Gasteiger partial charge < -0.3 is 18.5 Å². The second-order valence-corrected chi connectivity index (χ2v) is 8.85. The molecule has 0 saturated carbocycles. The smallest absolute Gasteiger partial charge is 0.309 e. The van der Waals surface area contributed by atoms with Crippen molar-refractivity contribution in [1.82, 2.24) is 14.5 Å². The molecule has 0 amide bonds. The fourth-order valence-corrected chi connectivity index (χ4v) is 4.60. The van der Waals surface area contributed by atoms with Gasteiger partial charge in [-0.1, -0.05) is 24.3 Å². The number of hydrogen-bond donors (Lipinski definition) is 0. The highest BCUT2D eigenvalue weighted by molar-refractivity contribution is 5.77. The zero-order valence-electron chi connectivity index (χ0n) is 19.5. The van der Waals surface area contributed by atoms with Crippen LogP contribution in [0.1, 0.15) is 24.4 Å². The lowest BCUT2D eigenvalue weighted by Gasteiger charge is -2.29. The van der Waals surface area contributed by atoms with Crippen LogP contribution in [0.3, 0.4) is 0 Å². The lowest BCUT2D eigenvalue weighted by atomic mass is 9.97. The number of anilines is 1. The van der Waals surface area contributed by atoms with Gasteiger partial charge in [-0.25, -0.2) is 4.98 Å². The van der Waals surface area contributed by atoms with E-state index < -0.39 is 0 Å². The Hall–Kier alpha value is -4.40. The summed E-state index contributed by atoms with van der Waals surface area (Å²) in [5.74, 6) is 0.469. The zero-order chi connectivity index (χ0) is 24.5. The minimum Gasteiger partial charge on any atom is -0.467 e. The molecule has 0 aliphatic carbocycles. The van der Waals surface area contributed by atoms with Crippen LogP contribution in [0, 0.1) is 5.92 Å². The van der Waals surface area contributed by atoms with Crippen molar-refractivity contribution in [3.8, 4) is 0 Å². The first kappa shape index (κ1) is 22.1. The summed E-state index contributed by atoms with van der Waals surface area (Å²) >= 11 is 0. The number of benzene rings is 2. The largest absolute Gasteiger partial charge is 0.467 e. The third-order valence-electron chi connectivity index (χ3n) is 6.56. The molecule has 182 valence electrons. The topological polar surface area (TPSA) is 104 Å². The van der Waals surface area contributed by atoms with E-state index in [0.717, 1.165) is 11.1 Å². The molecule has 0 N–H and O–H groups in total. The Morgan fingerprint density at radius 2 is 1.75 bits per heavy atom. The lowest BCUT2D eigenvalue weighted by Crippen LogP contribution is -2.37. The molecule has 1 aliphatic rings. The maximum absolute atomic E-state index is 13.2. The van der Waals surface area contributed by atoms with Crippen molar-refractivity contribution in [1.29, 1.82) is 0 Å². The van der Waals surface area contributed by atoms with Gasteiger partial charge in [0.2, 0.25) is 0 Å². The summed E-state index contributed by atoms with van der Waals surface area (Å²) in [6.07, 6.45) is 2.81. The molecule has 3 aromatic heterocycles. The molecule has 0 atom stereocenters. The van der Waals surface area contributed by atoms with Gasteiger partial charge in [-0.3, -0.25) is 14.2 Å². The Morgan fingerprint density at radius 1 is 0.972 bits per heavy atom.